The van der Waals surface area contributed by atoms with Gasteiger partial charge in [0, 0.05) is 5.16 Å². The molecule has 1 N–H and O–H groups in total. The Morgan fingerprint density at radius 2 is 2.05 bits per heavy atom. The van der Waals surface area contributed by atoms with Crippen molar-refractivity contribution in [1.82, 2.24) is 5.16 Å². The molecule has 0 aliphatic carbocycles. The van der Waals surface area contributed by atoms with Gasteiger partial charge >= 0.3 is 12.1 Å². The van der Waals surface area contributed by atoms with Crippen LogP contribution in [0.2, 0.25) is 0 Å². The molecule has 0 unspecified atom stereocenters. The van der Waals surface area contributed by atoms with E-state index in [0.717, 1.165) is 6.92 Å². The lowest BCUT2D eigenvalue weighted by Gasteiger charge is -2.01. The van der Waals surface area contributed by atoms with Crippen LogP contribution in [0, 0.1) is 5.21 Å². The zero-order valence-corrected chi connectivity index (χ0v) is 10.0. The Bertz CT molecular complexity index is 577. The highest BCUT2D eigenvalue weighted by Gasteiger charge is 2.42. The van der Waals surface area contributed by atoms with Crippen LogP contribution < -0.4 is 4.90 Å². The highest BCUT2D eigenvalue weighted by atomic mass is 19.4. The average molecular weight is 296 g/mol. The molecule has 0 radical (unpaired) electrons. The highest BCUT2D eigenvalue weighted by Crippen LogP contribution is 2.16. The zero-order valence-electron chi connectivity index (χ0n) is 10.0. The van der Waals surface area contributed by atoms with E-state index in [9.17, 15) is 23.2 Å². The fraction of sp³-hybridized carbons (Fsp3) is 0.375. The lowest BCUT2D eigenvalue weighted by Crippen LogP contribution is -2.31. The van der Waals surface area contributed by atoms with Crippen molar-refractivity contribution in [3.05, 3.63) is 16.6 Å². The summed E-state index contributed by atoms with van der Waals surface area (Å²) in [4.78, 5) is 13.9. The van der Waals surface area contributed by atoms with Crippen LogP contribution in [-0.2, 0) is 9.63 Å². The molecule has 0 aromatic carbocycles. The number of aromatic nitrogens is 2. The van der Waals surface area contributed by atoms with Crippen molar-refractivity contribution in [3.63, 3.8) is 0 Å². The van der Waals surface area contributed by atoms with Crippen molar-refractivity contribution in [1.29, 1.82) is 0 Å². The van der Waals surface area contributed by atoms with E-state index in [1.807, 2.05) is 0 Å². The summed E-state index contributed by atoms with van der Waals surface area (Å²) in [6.07, 6.45) is -5.21. The summed E-state index contributed by atoms with van der Waals surface area (Å²) < 4.78 is 39.8. The number of oxime groups is 2. The van der Waals surface area contributed by atoms with Crippen LogP contribution in [0.25, 0.3) is 0 Å². The monoisotopic (exact) mass is 296 g/mol. The first-order valence-corrected chi connectivity index (χ1v) is 4.80. The third-order valence-electron chi connectivity index (χ3n) is 1.95. The number of nitrogens with zero attached hydrogens (tertiary/aromatic N) is 4. The fourth-order valence-corrected chi connectivity index (χ4v) is 1.04. The van der Waals surface area contributed by atoms with Crippen LogP contribution in [0.15, 0.2) is 14.9 Å². The maximum absolute atomic E-state index is 11.9. The Morgan fingerprint density at radius 3 is 2.55 bits per heavy atom. The van der Waals surface area contributed by atoms with Crippen LogP contribution in [0.4, 0.5) is 13.2 Å². The number of carbonyl (C=O) groups excluding carboxylic acids is 1. The first-order valence-electron chi connectivity index (χ1n) is 4.80. The summed E-state index contributed by atoms with van der Waals surface area (Å²) in [6, 6.07) is 0. The summed E-state index contributed by atoms with van der Waals surface area (Å²) in [6.45, 7) is 2.31. The minimum absolute atomic E-state index is 0.144. The second-order valence-electron chi connectivity index (χ2n) is 3.37. The van der Waals surface area contributed by atoms with E-state index in [1.165, 1.54) is 6.92 Å². The maximum Gasteiger partial charge on any atom is 0.493 e. The van der Waals surface area contributed by atoms with Gasteiger partial charge in [0.15, 0.2) is 0 Å². The predicted octanol–water partition coefficient (Wildman–Crippen LogP) is 0.336. The quantitative estimate of drug-likeness (QED) is 0.282. The molecule has 0 aliphatic heterocycles. The molecule has 110 valence electrons. The summed E-state index contributed by atoms with van der Waals surface area (Å²) in [5.74, 6) is -2.54. The van der Waals surface area contributed by atoms with Gasteiger partial charge in [-0.3, -0.25) is 4.63 Å². The van der Waals surface area contributed by atoms with Gasteiger partial charge in [0.05, 0.1) is 0 Å². The SMILES string of the molecule is CC(=NOC(=O)C(F)(F)F)c1no[n+]([O-])c1/C(C)=N/O. The number of hydrogen-bond donors (Lipinski definition) is 1. The third kappa shape index (κ3) is 3.21. The van der Waals surface area contributed by atoms with Crippen molar-refractivity contribution < 1.29 is 37.5 Å². The van der Waals surface area contributed by atoms with E-state index in [4.69, 9.17) is 5.21 Å². The number of alkyl halides is 3. The largest absolute Gasteiger partial charge is 0.493 e. The molecule has 1 rings (SSSR count). The van der Waals surface area contributed by atoms with E-state index in [1.54, 1.807) is 0 Å². The van der Waals surface area contributed by atoms with Crippen molar-refractivity contribution in [2.24, 2.45) is 10.3 Å². The Kier molecular flexibility index (Phi) is 4.27. The lowest BCUT2D eigenvalue weighted by molar-refractivity contribution is -0.803. The van der Waals surface area contributed by atoms with Crippen LogP contribution >= 0.6 is 0 Å². The van der Waals surface area contributed by atoms with E-state index >= 15 is 0 Å². The van der Waals surface area contributed by atoms with Crippen LogP contribution in [0.3, 0.4) is 0 Å². The Balaban J connectivity index is 3.05. The fourth-order valence-electron chi connectivity index (χ4n) is 1.04. The zero-order chi connectivity index (χ0) is 15.5. The van der Waals surface area contributed by atoms with Gasteiger partial charge in [0.25, 0.3) is 11.4 Å². The van der Waals surface area contributed by atoms with Gasteiger partial charge in [0.1, 0.15) is 11.4 Å². The maximum atomic E-state index is 11.9. The molecule has 0 spiro atoms. The van der Waals surface area contributed by atoms with Crippen molar-refractivity contribution in [3.8, 4) is 0 Å². The van der Waals surface area contributed by atoms with Gasteiger partial charge in [-0.2, -0.15) is 13.2 Å². The van der Waals surface area contributed by atoms with Crippen LogP contribution in [0.1, 0.15) is 25.2 Å². The number of rotatable bonds is 3. The average Bonchev–Trinajstić information content (AvgIpc) is 2.75. The number of carbonyl (C=O) groups is 1. The lowest BCUT2D eigenvalue weighted by atomic mass is 10.2. The van der Waals surface area contributed by atoms with Gasteiger partial charge in [-0.05, 0) is 18.8 Å². The van der Waals surface area contributed by atoms with Gasteiger partial charge in [-0.15, -0.1) is 0 Å². The molecule has 9 nitrogen and oxygen atoms in total. The molecule has 0 saturated heterocycles. The summed E-state index contributed by atoms with van der Waals surface area (Å²) in [5.41, 5.74) is -1.33. The molecule has 0 fully saturated rings. The first kappa shape index (κ1) is 15.4. The first-order chi connectivity index (χ1) is 9.18. The molecule has 12 heteroatoms. The molecule has 1 aromatic heterocycles. The molecule has 0 aliphatic rings. The second kappa shape index (κ2) is 5.54. The molecule has 0 bridgehead atoms. The topological polar surface area (TPSA) is 124 Å². The molecular formula is C8H7F3N4O5. The predicted molar refractivity (Wildman–Crippen MR) is 53.8 cm³/mol. The molecule has 0 atom stereocenters. The van der Waals surface area contributed by atoms with Crippen molar-refractivity contribution >= 4 is 17.4 Å². The van der Waals surface area contributed by atoms with Gasteiger partial charge in [-0.25, -0.2) is 4.79 Å². The van der Waals surface area contributed by atoms with Gasteiger partial charge in [-0.1, -0.05) is 10.3 Å². The molecule has 1 aromatic rings. The van der Waals surface area contributed by atoms with E-state index in [2.05, 4.69) is 24.9 Å². The number of halogens is 3. The van der Waals surface area contributed by atoms with E-state index in [0.29, 0.717) is 0 Å². The molecular weight excluding hydrogens is 289 g/mol. The molecule has 0 saturated carbocycles. The Morgan fingerprint density at radius 1 is 1.45 bits per heavy atom. The standard InChI is InChI=1S/C8H7F3N4O5/c1-3(13-19-7(16)8(9,10)11)5-6(4(2)12-17)15(18)20-14-5/h17H,1-2H3/b12-4+,13-3?. The second-order valence-corrected chi connectivity index (χ2v) is 3.37. The summed E-state index contributed by atoms with van der Waals surface area (Å²) in [7, 11) is 0. The van der Waals surface area contributed by atoms with E-state index in [-0.39, 0.29) is 22.0 Å². The third-order valence-corrected chi connectivity index (χ3v) is 1.95. The Hall–Kier alpha value is -2.66. The summed E-state index contributed by atoms with van der Waals surface area (Å²) >= 11 is 0. The van der Waals surface area contributed by atoms with Gasteiger partial charge in [0.2, 0.25) is 0 Å². The normalized spacial score (nSPS) is 13.4. The Labute approximate surface area is 108 Å². The van der Waals surface area contributed by atoms with Crippen LogP contribution in [0.5, 0.6) is 0 Å². The number of hydrogen-bond acceptors (Lipinski definition) is 8. The molecule has 1 heterocycles. The smallest absolute Gasteiger partial charge is 0.411 e. The molecule has 0 amide bonds. The van der Waals surface area contributed by atoms with E-state index < -0.39 is 17.8 Å². The molecule has 20 heavy (non-hydrogen) atoms. The van der Waals surface area contributed by atoms with Gasteiger partial charge < -0.3 is 15.3 Å². The van der Waals surface area contributed by atoms with Crippen LogP contribution in [-0.4, -0.2) is 33.9 Å². The minimum atomic E-state index is -5.21. The highest BCUT2D eigenvalue weighted by molar-refractivity contribution is 6.07. The summed E-state index contributed by atoms with van der Waals surface area (Å²) in [5, 5.41) is 28.6. The minimum Gasteiger partial charge on any atom is -0.411 e. The van der Waals surface area contributed by atoms with Crippen molar-refractivity contribution in [2.75, 3.05) is 0 Å². The van der Waals surface area contributed by atoms with Crippen molar-refractivity contribution in [2.45, 2.75) is 20.0 Å².